The number of hydrogen-bond acceptors (Lipinski definition) is 4. The topological polar surface area (TPSA) is 70.1 Å². The summed E-state index contributed by atoms with van der Waals surface area (Å²) in [6.45, 7) is 2.60. The number of carboxylic acids is 1. The fourth-order valence-electron chi connectivity index (χ4n) is 3.06. The quantitative estimate of drug-likeness (QED) is 0.889. The van der Waals surface area contributed by atoms with E-state index in [0.717, 1.165) is 19.6 Å². The lowest BCUT2D eigenvalue weighted by Gasteiger charge is -2.34. The summed E-state index contributed by atoms with van der Waals surface area (Å²) in [4.78, 5) is 27.2. The van der Waals surface area contributed by atoms with E-state index in [1.807, 2.05) is 6.07 Å². The van der Waals surface area contributed by atoms with E-state index in [0.29, 0.717) is 17.9 Å². The van der Waals surface area contributed by atoms with Gasteiger partial charge in [0.15, 0.2) is 6.10 Å². The summed E-state index contributed by atoms with van der Waals surface area (Å²) in [6.07, 6.45) is 2.39. The number of fused-ring (bicyclic) bond motifs is 1. The first kappa shape index (κ1) is 14.8. The number of aliphatic carboxylic acids is 1. The number of benzene rings is 1. The van der Waals surface area contributed by atoms with E-state index in [1.54, 1.807) is 18.2 Å². The van der Waals surface area contributed by atoms with Crippen LogP contribution in [0.2, 0.25) is 0 Å². The molecule has 0 spiro atoms. The van der Waals surface area contributed by atoms with Crippen LogP contribution in [0.15, 0.2) is 24.3 Å². The van der Waals surface area contributed by atoms with Gasteiger partial charge in [-0.15, -0.1) is 0 Å². The molecule has 1 saturated heterocycles. The van der Waals surface area contributed by atoms with E-state index in [-0.39, 0.29) is 12.5 Å². The summed E-state index contributed by atoms with van der Waals surface area (Å²) in [5, 5.41) is 9.05. The molecular weight excluding hydrogens is 284 g/mol. The molecule has 6 nitrogen and oxygen atoms in total. The van der Waals surface area contributed by atoms with E-state index >= 15 is 0 Å². The average molecular weight is 304 g/mol. The Morgan fingerprint density at radius 3 is 2.73 bits per heavy atom. The molecule has 0 saturated carbocycles. The highest BCUT2D eigenvalue weighted by molar-refractivity contribution is 6.02. The smallest absolute Gasteiger partial charge is 0.323 e. The van der Waals surface area contributed by atoms with Gasteiger partial charge in [-0.25, -0.2) is 0 Å². The van der Waals surface area contributed by atoms with E-state index in [1.165, 1.54) is 17.7 Å². The van der Waals surface area contributed by atoms with Gasteiger partial charge in [0, 0.05) is 13.0 Å². The zero-order valence-electron chi connectivity index (χ0n) is 12.4. The molecule has 2 aliphatic rings. The van der Waals surface area contributed by atoms with E-state index in [9.17, 15) is 9.59 Å². The van der Waals surface area contributed by atoms with Crippen LogP contribution in [-0.4, -0.2) is 54.2 Å². The van der Waals surface area contributed by atoms with Crippen LogP contribution in [0.1, 0.15) is 19.3 Å². The zero-order valence-corrected chi connectivity index (χ0v) is 12.4. The SMILES string of the molecule is O=C(O)CN1C(=O)C(CCN2CCCC2)Oc2ccccc21. The number of nitrogens with zero attached hydrogens (tertiary/aromatic N) is 2. The van der Waals surface area contributed by atoms with Crippen molar-refractivity contribution < 1.29 is 19.4 Å². The Morgan fingerprint density at radius 1 is 1.27 bits per heavy atom. The molecule has 2 heterocycles. The fraction of sp³-hybridized carbons (Fsp3) is 0.500. The minimum absolute atomic E-state index is 0.264. The predicted molar refractivity (Wildman–Crippen MR) is 81.1 cm³/mol. The number of para-hydroxylation sites is 2. The Labute approximate surface area is 129 Å². The molecule has 1 amide bonds. The lowest BCUT2D eigenvalue weighted by Crippen LogP contribution is -2.48. The zero-order chi connectivity index (χ0) is 15.5. The molecule has 1 unspecified atom stereocenters. The maximum absolute atomic E-state index is 12.5. The Morgan fingerprint density at radius 2 is 2.00 bits per heavy atom. The summed E-state index contributed by atoms with van der Waals surface area (Å²) < 4.78 is 5.81. The first-order valence-corrected chi connectivity index (χ1v) is 7.66. The lowest BCUT2D eigenvalue weighted by atomic mass is 10.1. The molecule has 1 aromatic rings. The Bertz CT molecular complexity index is 569. The summed E-state index contributed by atoms with van der Waals surface area (Å²) in [5.41, 5.74) is 0.535. The third kappa shape index (κ3) is 3.06. The summed E-state index contributed by atoms with van der Waals surface area (Å²) >= 11 is 0. The van der Waals surface area contributed by atoms with Gasteiger partial charge >= 0.3 is 5.97 Å². The third-order valence-electron chi connectivity index (χ3n) is 4.17. The highest BCUT2D eigenvalue weighted by Crippen LogP contribution is 2.34. The second-order valence-corrected chi connectivity index (χ2v) is 5.73. The van der Waals surface area contributed by atoms with Crippen molar-refractivity contribution in [3.8, 4) is 5.75 Å². The molecule has 6 heteroatoms. The molecular formula is C16H20N2O4. The Hall–Kier alpha value is -2.08. The van der Waals surface area contributed by atoms with Crippen LogP contribution >= 0.6 is 0 Å². The van der Waals surface area contributed by atoms with Crippen LogP contribution in [0.25, 0.3) is 0 Å². The molecule has 0 radical (unpaired) electrons. The number of likely N-dealkylation sites (tertiary alicyclic amines) is 1. The van der Waals surface area contributed by atoms with Gasteiger partial charge in [-0.3, -0.25) is 14.5 Å². The van der Waals surface area contributed by atoms with Crippen LogP contribution < -0.4 is 9.64 Å². The number of carbonyl (C=O) groups excluding carboxylic acids is 1. The van der Waals surface area contributed by atoms with Gasteiger partial charge in [0.05, 0.1) is 5.69 Å². The molecule has 2 aliphatic heterocycles. The molecule has 3 rings (SSSR count). The van der Waals surface area contributed by atoms with Gasteiger partial charge in [-0.1, -0.05) is 12.1 Å². The molecule has 22 heavy (non-hydrogen) atoms. The van der Waals surface area contributed by atoms with Crippen molar-refractivity contribution in [2.45, 2.75) is 25.4 Å². The van der Waals surface area contributed by atoms with Crippen LogP contribution in [0.5, 0.6) is 5.75 Å². The second-order valence-electron chi connectivity index (χ2n) is 5.73. The molecule has 1 N–H and O–H groups in total. The largest absolute Gasteiger partial charge is 0.480 e. The van der Waals surface area contributed by atoms with Crippen LogP contribution in [0, 0.1) is 0 Å². The normalized spacial score (nSPS) is 21.5. The van der Waals surface area contributed by atoms with E-state index in [2.05, 4.69) is 4.90 Å². The number of carboxylic acid groups (broad SMARTS) is 1. The van der Waals surface area contributed by atoms with Crippen molar-refractivity contribution >= 4 is 17.6 Å². The fourth-order valence-corrected chi connectivity index (χ4v) is 3.06. The van der Waals surface area contributed by atoms with Crippen molar-refractivity contribution in [3.63, 3.8) is 0 Å². The van der Waals surface area contributed by atoms with Gasteiger partial charge in [0.2, 0.25) is 0 Å². The Balaban J connectivity index is 1.75. The minimum atomic E-state index is -1.02. The molecule has 1 fully saturated rings. The Kier molecular flexibility index (Phi) is 4.29. The first-order chi connectivity index (χ1) is 10.6. The number of amides is 1. The maximum Gasteiger partial charge on any atom is 0.323 e. The van der Waals surface area contributed by atoms with Crippen LogP contribution in [-0.2, 0) is 9.59 Å². The van der Waals surface area contributed by atoms with Gasteiger partial charge < -0.3 is 14.7 Å². The van der Waals surface area contributed by atoms with Crippen molar-refractivity contribution in [2.24, 2.45) is 0 Å². The van der Waals surface area contributed by atoms with Crippen molar-refractivity contribution in [3.05, 3.63) is 24.3 Å². The molecule has 1 aromatic carbocycles. The monoisotopic (exact) mass is 304 g/mol. The second kappa shape index (κ2) is 6.36. The highest BCUT2D eigenvalue weighted by atomic mass is 16.5. The third-order valence-corrected chi connectivity index (χ3v) is 4.17. The van der Waals surface area contributed by atoms with E-state index < -0.39 is 12.1 Å². The number of anilines is 1. The van der Waals surface area contributed by atoms with Gasteiger partial charge in [0.1, 0.15) is 12.3 Å². The number of rotatable bonds is 5. The molecule has 0 aliphatic carbocycles. The molecule has 118 valence electrons. The lowest BCUT2D eigenvalue weighted by molar-refractivity contribution is -0.138. The number of hydrogen-bond donors (Lipinski definition) is 1. The van der Waals surface area contributed by atoms with Gasteiger partial charge in [0.25, 0.3) is 5.91 Å². The number of ether oxygens (including phenoxy) is 1. The minimum Gasteiger partial charge on any atom is -0.480 e. The summed E-state index contributed by atoms with van der Waals surface area (Å²) in [5.74, 6) is -0.710. The van der Waals surface area contributed by atoms with Gasteiger partial charge in [-0.05, 0) is 38.1 Å². The van der Waals surface area contributed by atoms with E-state index in [4.69, 9.17) is 9.84 Å². The van der Waals surface area contributed by atoms with Crippen molar-refractivity contribution in [2.75, 3.05) is 31.1 Å². The van der Waals surface area contributed by atoms with Crippen molar-refractivity contribution in [1.82, 2.24) is 4.90 Å². The highest BCUT2D eigenvalue weighted by Gasteiger charge is 2.35. The van der Waals surface area contributed by atoms with Crippen LogP contribution in [0.3, 0.4) is 0 Å². The summed E-state index contributed by atoms with van der Waals surface area (Å²) in [7, 11) is 0. The standard InChI is InChI=1S/C16H20N2O4/c19-15(20)11-18-12-5-1-2-6-13(12)22-14(16(18)21)7-10-17-8-3-4-9-17/h1-2,5-6,14H,3-4,7-11H2,(H,19,20). The summed E-state index contributed by atoms with van der Waals surface area (Å²) in [6, 6.07) is 7.09. The molecule has 0 bridgehead atoms. The predicted octanol–water partition coefficient (Wildman–Crippen LogP) is 1.35. The van der Waals surface area contributed by atoms with Gasteiger partial charge in [-0.2, -0.15) is 0 Å². The molecule has 1 atom stereocenters. The number of carbonyl (C=O) groups is 2. The molecule has 0 aromatic heterocycles. The van der Waals surface area contributed by atoms with Crippen LogP contribution in [0.4, 0.5) is 5.69 Å². The van der Waals surface area contributed by atoms with Crippen molar-refractivity contribution in [1.29, 1.82) is 0 Å². The first-order valence-electron chi connectivity index (χ1n) is 7.66. The maximum atomic E-state index is 12.5. The average Bonchev–Trinajstić information content (AvgIpc) is 3.01.